The number of amides is 1. The van der Waals surface area contributed by atoms with E-state index in [2.05, 4.69) is 20.4 Å². The minimum absolute atomic E-state index is 0.213. The zero-order valence-electron chi connectivity index (χ0n) is 14.4. The summed E-state index contributed by atoms with van der Waals surface area (Å²) in [5, 5.41) is 5.74. The van der Waals surface area contributed by atoms with Crippen LogP contribution in [0, 0.1) is 5.82 Å². The zero-order valence-corrected chi connectivity index (χ0v) is 14.4. The van der Waals surface area contributed by atoms with Crippen LogP contribution in [0.15, 0.2) is 66.9 Å². The number of hydrogen-bond acceptors (Lipinski definition) is 5. The third-order valence-electron chi connectivity index (χ3n) is 3.69. The molecule has 136 valence electrons. The molecule has 0 aliphatic rings. The highest BCUT2D eigenvalue weighted by Gasteiger charge is 2.08. The molecule has 27 heavy (non-hydrogen) atoms. The molecule has 0 aliphatic carbocycles. The Hall–Kier alpha value is -3.74. The van der Waals surface area contributed by atoms with Crippen molar-refractivity contribution in [3.63, 3.8) is 0 Å². The van der Waals surface area contributed by atoms with Gasteiger partial charge in [0.15, 0.2) is 0 Å². The summed E-state index contributed by atoms with van der Waals surface area (Å²) in [6.07, 6.45) is 1.55. The molecule has 1 amide bonds. The number of hydrogen-bond donors (Lipinski definition) is 2. The summed E-state index contributed by atoms with van der Waals surface area (Å²) in [7, 11) is 1.33. The Morgan fingerprint density at radius 2 is 1.70 bits per heavy atom. The van der Waals surface area contributed by atoms with Crippen molar-refractivity contribution in [2.24, 2.45) is 0 Å². The maximum Gasteiger partial charge on any atom is 0.337 e. The summed E-state index contributed by atoms with van der Waals surface area (Å²) < 4.78 is 17.8. The highest BCUT2D eigenvalue weighted by atomic mass is 19.1. The molecule has 0 aliphatic heterocycles. The van der Waals surface area contributed by atoms with E-state index in [1.54, 1.807) is 42.6 Å². The molecule has 0 saturated heterocycles. The number of rotatable bonds is 5. The van der Waals surface area contributed by atoms with E-state index in [9.17, 15) is 14.0 Å². The summed E-state index contributed by atoms with van der Waals surface area (Å²) in [6.45, 7) is 0. The summed E-state index contributed by atoms with van der Waals surface area (Å²) in [5.41, 5.74) is 2.13. The number of ether oxygens (including phenoxy) is 1. The van der Waals surface area contributed by atoms with Crippen molar-refractivity contribution in [2.45, 2.75) is 0 Å². The average molecular weight is 365 g/mol. The van der Waals surface area contributed by atoms with Gasteiger partial charge >= 0.3 is 5.97 Å². The van der Waals surface area contributed by atoms with Crippen molar-refractivity contribution in [2.75, 3.05) is 17.7 Å². The fourth-order valence-electron chi connectivity index (χ4n) is 2.33. The van der Waals surface area contributed by atoms with E-state index in [1.165, 1.54) is 25.3 Å². The van der Waals surface area contributed by atoms with Gasteiger partial charge in [0, 0.05) is 11.3 Å². The van der Waals surface area contributed by atoms with Gasteiger partial charge in [-0.05, 0) is 54.6 Å². The van der Waals surface area contributed by atoms with Gasteiger partial charge in [0.2, 0.25) is 0 Å². The first-order chi connectivity index (χ1) is 13.0. The molecule has 1 heterocycles. The third-order valence-corrected chi connectivity index (χ3v) is 3.69. The number of methoxy groups -OCH3 is 1. The fourth-order valence-corrected chi connectivity index (χ4v) is 2.33. The molecule has 0 fully saturated rings. The van der Waals surface area contributed by atoms with Crippen LogP contribution in [0.5, 0.6) is 0 Å². The number of esters is 1. The van der Waals surface area contributed by atoms with Crippen molar-refractivity contribution < 1.29 is 18.7 Å². The average Bonchev–Trinajstić information content (AvgIpc) is 2.69. The number of benzene rings is 2. The molecule has 7 heteroatoms. The minimum atomic E-state index is -0.478. The third kappa shape index (κ3) is 4.66. The Labute approximate surface area is 155 Å². The van der Waals surface area contributed by atoms with E-state index < -0.39 is 17.7 Å². The number of aromatic nitrogens is 1. The lowest BCUT2D eigenvalue weighted by molar-refractivity contribution is 0.0600. The molecule has 6 nitrogen and oxygen atoms in total. The molecule has 2 N–H and O–H groups in total. The zero-order chi connectivity index (χ0) is 19.2. The minimum Gasteiger partial charge on any atom is -0.465 e. The first-order valence-electron chi connectivity index (χ1n) is 8.03. The maximum absolute atomic E-state index is 13.2. The molecule has 0 radical (unpaired) electrons. The van der Waals surface area contributed by atoms with Crippen LogP contribution in [-0.4, -0.2) is 24.0 Å². The van der Waals surface area contributed by atoms with Crippen molar-refractivity contribution in [1.29, 1.82) is 0 Å². The van der Waals surface area contributed by atoms with E-state index in [-0.39, 0.29) is 5.56 Å². The van der Waals surface area contributed by atoms with Crippen molar-refractivity contribution in [3.8, 4) is 0 Å². The number of nitrogens with one attached hydrogen (secondary N) is 2. The normalized spacial score (nSPS) is 10.1. The predicted molar refractivity (Wildman–Crippen MR) is 99.7 cm³/mol. The largest absolute Gasteiger partial charge is 0.465 e. The van der Waals surface area contributed by atoms with Gasteiger partial charge < -0.3 is 15.4 Å². The fraction of sp³-hybridized carbons (Fsp3) is 0.0500. The van der Waals surface area contributed by atoms with Crippen LogP contribution in [0.2, 0.25) is 0 Å². The second-order valence-electron chi connectivity index (χ2n) is 5.59. The molecule has 0 atom stereocenters. The number of pyridine rings is 1. The molecular weight excluding hydrogens is 349 g/mol. The highest BCUT2D eigenvalue weighted by Crippen LogP contribution is 2.18. The Bertz CT molecular complexity index is 957. The van der Waals surface area contributed by atoms with Crippen molar-refractivity contribution >= 4 is 29.1 Å². The molecular formula is C20H16FN3O3. The number of halogens is 1. The SMILES string of the molecule is COC(=O)c1ccc(Nc2ccc(NC(=O)c3cccc(F)c3)nc2)cc1. The van der Waals surface area contributed by atoms with Crippen LogP contribution in [0.1, 0.15) is 20.7 Å². The van der Waals surface area contributed by atoms with E-state index >= 15 is 0 Å². The van der Waals surface area contributed by atoms with E-state index in [1.807, 2.05) is 0 Å². The molecule has 1 aromatic heterocycles. The standard InChI is InChI=1S/C20H16FN3O3/c1-27-20(26)13-5-7-16(8-6-13)23-17-9-10-18(22-12-17)24-19(25)14-3-2-4-15(21)11-14/h2-12,23H,1H3,(H,22,24,25). The Morgan fingerprint density at radius 1 is 0.963 bits per heavy atom. The monoisotopic (exact) mass is 365 g/mol. The summed E-state index contributed by atoms with van der Waals surface area (Å²) in [6, 6.07) is 15.6. The molecule has 3 aromatic rings. The topological polar surface area (TPSA) is 80.3 Å². The summed E-state index contributed by atoms with van der Waals surface area (Å²) in [4.78, 5) is 27.7. The van der Waals surface area contributed by atoms with Gasteiger partial charge in [-0.2, -0.15) is 0 Å². The molecule has 0 saturated carbocycles. The van der Waals surface area contributed by atoms with E-state index in [4.69, 9.17) is 0 Å². The highest BCUT2D eigenvalue weighted by molar-refractivity contribution is 6.03. The van der Waals surface area contributed by atoms with Crippen LogP contribution in [-0.2, 0) is 4.74 Å². The van der Waals surface area contributed by atoms with Gasteiger partial charge in [0.25, 0.3) is 5.91 Å². The van der Waals surface area contributed by atoms with Gasteiger partial charge in [0.05, 0.1) is 24.6 Å². The lowest BCUT2D eigenvalue weighted by Gasteiger charge is -2.08. The van der Waals surface area contributed by atoms with Crippen LogP contribution < -0.4 is 10.6 Å². The lowest BCUT2D eigenvalue weighted by Crippen LogP contribution is -2.13. The first-order valence-corrected chi connectivity index (χ1v) is 8.03. The molecule has 3 rings (SSSR count). The van der Waals surface area contributed by atoms with E-state index in [0.29, 0.717) is 17.1 Å². The Balaban J connectivity index is 1.63. The molecule has 0 spiro atoms. The number of carbonyl (C=O) groups excluding carboxylic acids is 2. The summed E-state index contributed by atoms with van der Waals surface area (Å²) >= 11 is 0. The molecule has 0 unspecified atom stereocenters. The number of anilines is 3. The molecule has 0 bridgehead atoms. The number of nitrogens with zero attached hydrogens (tertiary/aromatic N) is 1. The quantitative estimate of drug-likeness (QED) is 0.668. The van der Waals surface area contributed by atoms with Crippen LogP contribution in [0.25, 0.3) is 0 Å². The Morgan fingerprint density at radius 3 is 2.33 bits per heavy atom. The first kappa shape index (κ1) is 18.1. The van der Waals surface area contributed by atoms with Crippen LogP contribution in [0.3, 0.4) is 0 Å². The van der Waals surface area contributed by atoms with Crippen LogP contribution >= 0.6 is 0 Å². The van der Waals surface area contributed by atoms with Crippen molar-refractivity contribution in [3.05, 3.63) is 83.8 Å². The smallest absolute Gasteiger partial charge is 0.337 e. The molecule has 2 aromatic carbocycles. The lowest BCUT2D eigenvalue weighted by atomic mass is 10.2. The van der Waals surface area contributed by atoms with Crippen LogP contribution in [0.4, 0.5) is 21.6 Å². The number of carbonyl (C=O) groups is 2. The van der Waals surface area contributed by atoms with Crippen molar-refractivity contribution in [1.82, 2.24) is 4.98 Å². The second-order valence-corrected chi connectivity index (χ2v) is 5.59. The van der Waals surface area contributed by atoms with Gasteiger partial charge in [-0.1, -0.05) is 6.07 Å². The van der Waals surface area contributed by atoms with Gasteiger partial charge in [-0.3, -0.25) is 4.79 Å². The van der Waals surface area contributed by atoms with Gasteiger partial charge in [-0.15, -0.1) is 0 Å². The predicted octanol–water partition coefficient (Wildman–Crippen LogP) is 4.00. The van der Waals surface area contributed by atoms with Gasteiger partial charge in [-0.25, -0.2) is 14.2 Å². The maximum atomic E-state index is 13.2. The van der Waals surface area contributed by atoms with E-state index in [0.717, 1.165) is 11.8 Å². The second kappa shape index (κ2) is 8.09. The summed E-state index contributed by atoms with van der Waals surface area (Å²) in [5.74, 6) is -0.980. The Kier molecular flexibility index (Phi) is 5.41. The van der Waals surface area contributed by atoms with Gasteiger partial charge in [0.1, 0.15) is 11.6 Å².